The predicted molar refractivity (Wildman–Crippen MR) is 73.9 cm³/mol. The van der Waals surface area contributed by atoms with E-state index >= 15 is 0 Å². The molecule has 1 unspecified atom stereocenters. The second-order valence-electron chi connectivity index (χ2n) is 5.37. The Labute approximate surface area is 122 Å². The van der Waals surface area contributed by atoms with Crippen molar-refractivity contribution in [1.82, 2.24) is 10.6 Å². The van der Waals surface area contributed by atoms with Gasteiger partial charge in [-0.25, -0.2) is 8.78 Å². The van der Waals surface area contributed by atoms with E-state index in [4.69, 9.17) is 0 Å². The summed E-state index contributed by atoms with van der Waals surface area (Å²) in [5.74, 6) is -1.30. The van der Waals surface area contributed by atoms with Crippen LogP contribution in [0.1, 0.15) is 24.3 Å². The molecule has 2 aliphatic rings. The number of rotatable bonds is 1. The van der Waals surface area contributed by atoms with E-state index in [1.54, 1.807) is 0 Å². The highest BCUT2D eigenvalue weighted by atomic mass is 35.5. The Morgan fingerprint density at radius 3 is 2.30 bits per heavy atom. The van der Waals surface area contributed by atoms with Gasteiger partial charge in [-0.15, -0.1) is 12.4 Å². The summed E-state index contributed by atoms with van der Waals surface area (Å²) in [4.78, 5) is 12.2. The van der Waals surface area contributed by atoms with E-state index in [-0.39, 0.29) is 24.2 Å². The minimum atomic E-state index is -0.585. The SMILES string of the molecule is Cl.O=C1NCC(c2cc(F)cc(F)c2)C12CCNCC2. The molecule has 0 aliphatic carbocycles. The minimum Gasteiger partial charge on any atom is -0.355 e. The lowest BCUT2D eigenvalue weighted by Crippen LogP contribution is -2.44. The summed E-state index contributed by atoms with van der Waals surface area (Å²) >= 11 is 0. The number of amides is 1. The summed E-state index contributed by atoms with van der Waals surface area (Å²) in [6.45, 7) is 1.99. The lowest BCUT2D eigenvalue weighted by atomic mass is 9.68. The Balaban J connectivity index is 0.00000147. The third-order valence-corrected chi connectivity index (χ3v) is 4.37. The van der Waals surface area contributed by atoms with Crippen molar-refractivity contribution in [3.05, 3.63) is 35.4 Å². The quantitative estimate of drug-likeness (QED) is 0.833. The zero-order valence-corrected chi connectivity index (χ0v) is 11.7. The molecule has 20 heavy (non-hydrogen) atoms. The summed E-state index contributed by atoms with van der Waals surface area (Å²) < 4.78 is 26.8. The highest BCUT2D eigenvalue weighted by Crippen LogP contribution is 2.46. The number of nitrogens with one attached hydrogen (secondary N) is 2. The number of carbonyl (C=O) groups is 1. The van der Waals surface area contributed by atoms with Crippen LogP contribution in [0.4, 0.5) is 8.78 Å². The summed E-state index contributed by atoms with van der Waals surface area (Å²) in [6.07, 6.45) is 1.42. The van der Waals surface area contributed by atoms with Crippen molar-refractivity contribution in [3.8, 4) is 0 Å². The van der Waals surface area contributed by atoms with Gasteiger partial charge in [0.2, 0.25) is 5.91 Å². The molecule has 1 aromatic rings. The molecule has 2 N–H and O–H groups in total. The van der Waals surface area contributed by atoms with Crippen molar-refractivity contribution in [2.75, 3.05) is 19.6 Å². The average molecular weight is 303 g/mol. The fourth-order valence-electron chi connectivity index (χ4n) is 3.39. The Morgan fingerprint density at radius 1 is 1.10 bits per heavy atom. The number of carbonyl (C=O) groups excluding carboxylic acids is 1. The lowest BCUT2D eigenvalue weighted by Gasteiger charge is -2.36. The van der Waals surface area contributed by atoms with E-state index in [1.165, 1.54) is 12.1 Å². The maximum absolute atomic E-state index is 13.4. The zero-order valence-electron chi connectivity index (χ0n) is 10.9. The summed E-state index contributed by atoms with van der Waals surface area (Å²) in [6, 6.07) is 3.55. The molecule has 2 fully saturated rings. The lowest BCUT2D eigenvalue weighted by molar-refractivity contribution is -0.129. The van der Waals surface area contributed by atoms with Crippen LogP contribution in [0.25, 0.3) is 0 Å². The van der Waals surface area contributed by atoms with Gasteiger partial charge in [0.15, 0.2) is 0 Å². The van der Waals surface area contributed by atoms with Crippen LogP contribution in [0, 0.1) is 17.0 Å². The molecule has 1 aromatic carbocycles. The zero-order chi connectivity index (χ0) is 13.5. The highest BCUT2D eigenvalue weighted by Gasteiger charge is 2.51. The largest absolute Gasteiger partial charge is 0.355 e. The fourth-order valence-corrected chi connectivity index (χ4v) is 3.39. The third-order valence-electron chi connectivity index (χ3n) is 4.37. The van der Waals surface area contributed by atoms with E-state index in [2.05, 4.69) is 10.6 Å². The summed E-state index contributed by atoms with van der Waals surface area (Å²) in [5, 5.41) is 6.08. The van der Waals surface area contributed by atoms with Gasteiger partial charge >= 0.3 is 0 Å². The molecule has 0 radical (unpaired) electrons. The summed E-state index contributed by atoms with van der Waals surface area (Å²) in [7, 11) is 0. The molecule has 1 amide bonds. The van der Waals surface area contributed by atoms with Crippen molar-refractivity contribution in [1.29, 1.82) is 0 Å². The molecular formula is C14H17ClF2N2O. The number of benzene rings is 1. The number of hydrogen-bond donors (Lipinski definition) is 2. The maximum atomic E-state index is 13.4. The van der Waals surface area contributed by atoms with Gasteiger partial charge in [0, 0.05) is 18.5 Å². The fraction of sp³-hybridized carbons (Fsp3) is 0.500. The van der Waals surface area contributed by atoms with Crippen molar-refractivity contribution in [2.24, 2.45) is 5.41 Å². The molecular weight excluding hydrogens is 286 g/mol. The van der Waals surface area contributed by atoms with Gasteiger partial charge < -0.3 is 10.6 Å². The van der Waals surface area contributed by atoms with Crippen LogP contribution in [0.5, 0.6) is 0 Å². The van der Waals surface area contributed by atoms with E-state index < -0.39 is 17.0 Å². The first-order chi connectivity index (χ1) is 9.12. The predicted octanol–water partition coefficient (Wildman–Crippen LogP) is 1.97. The van der Waals surface area contributed by atoms with Crippen LogP contribution in [-0.2, 0) is 4.79 Å². The smallest absolute Gasteiger partial charge is 0.227 e. The van der Waals surface area contributed by atoms with E-state index in [9.17, 15) is 13.6 Å². The molecule has 2 saturated heterocycles. The van der Waals surface area contributed by atoms with Crippen LogP contribution in [0.2, 0.25) is 0 Å². The van der Waals surface area contributed by atoms with Crippen molar-refractivity contribution in [2.45, 2.75) is 18.8 Å². The van der Waals surface area contributed by atoms with Crippen molar-refractivity contribution in [3.63, 3.8) is 0 Å². The van der Waals surface area contributed by atoms with Gasteiger partial charge in [0.1, 0.15) is 11.6 Å². The van der Waals surface area contributed by atoms with Gasteiger partial charge in [-0.2, -0.15) is 0 Å². The first kappa shape index (κ1) is 15.2. The molecule has 1 spiro atoms. The molecule has 0 saturated carbocycles. The maximum Gasteiger partial charge on any atom is 0.227 e. The van der Waals surface area contributed by atoms with Crippen LogP contribution in [0.15, 0.2) is 18.2 Å². The van der Waals surface area contributed by atoms with Gasteiger partial charge in [0.25, 0.3) is 0 Å². The van der Waals surface area contributed by atoms with Gasteiger partial charge in [-0.1, -0.05) is 0 Å². The Kier molecular flexibility index (Phi) is 4.30. The second-order valence-corrected chi connectivity index (χ2v) is 5.37. The molecule has 1 atom stereocenters. The minimum absolute atomic E-state index is 0. The van der Waals surface area contributed by atoms with E-state index in [0.29, 0.717) is 24.9 Å². The third kappa shape index (κ3) is 2.40. The topological polar surface area (TPSA) is 41.1 Å². The first-order valence-corrected chi connectivity index (χ1v) is 6.57. The van der Waals surface area contributed by atoms with Gasteiger partial charge in [-0.05, 0) is 43.6 Å². The van der Waals surface area contributed by atoms with Crippen LogP contribution >= 0.6 is 12.4 Å². The highest BCUT2D eigenvalue weighted by molar-refractivity contribution is 5.86. The van der Waals surface area contributed by atoms with Crippen molar-refractivity contribution >= 4 is 18.3 Å². The average Bonchev–Trinajstić information content (AvgIpc) is 2.67. The van der Waals surface area contributed by atoms with Crippen LogP contribution in [-0.4, -0.2) is 25.5 Å². The number of hydrogen-bond acceptors (Lipinski definition) is 2. The monoisotopic (exact) mass is 302 g/mol. The molecule has 6 heteroatoms. The molecule has 2 heterocycles. The summed E-state index contributed by atoms with van der Waals surface area (Å²) in [5.41, 5.74) is 0.0728. The Hall–Kier alpha value is -1.20. The van der Waals surface area contributed by atoms with E-state index in [1.807, 2.05) is 0 Å². The molecule has 3 nitrogen and oxygen atoms in total. The molecule has 0 bridgehead atoms. The van der Waals surface area contributed by atoms with Gasteiger partial charge in [-0.3, -0.25) is 4.79 Å². The normalized spacial score (nSPS) is 24.3. The van der Waals surface area contributed by atoms with Gasteiger partial charge in [0.05, 0.1) is 5.41 Å². The first-order valence-electron chi connectivity index (χ1n) is 6.57. The molecule has 110 valence electrons. The van der Waals surface area contributed by atoms with Crippen molar-refractivity contribution < 1.29 is 13.6 Å². The Bertz CT molecular complexity index is 498. The molecule has 2 aliphatic heterocycles. The van der Waals surface area contributed by atoms with E-state index in [0.717, 1.165) is 19.2 Å². The Morgan fingerprint density at radius 2 is 1.70 bits per heavy atom. The molecule has 0 aromatic heterocycles. The second kappa shape index (κ2) is 5.66. The molecule has 3 rings (SSSR count). The van der Waals surface area contributed by atoms with Crippen LogP contribution in [0.3, 0.4) is 0 Å². The number of piperidine rings is 1. The standard InChI is InChI=1S/C14H16F2N2O.ClH/c15-10-5-9(6-11(16)7-10)12-8-18-13(19)14(12)1-3-17-4-2-14;/h5-7,12,17H,1-4,8H2,(H,18,19);1H. The van der Waals surface area contributed by atoms with Crippen LogP contribution < -0.4 is 10.6 Å². The number of halogens is 3.